The van der Waals surface area contributed by atoms with E-state index in [0.29, 0.717) is 16.6 Å². The van der Waals surface area contributed by atoms with Crippen LogP contribution in [0.4, 0.5) is 16.5 Å². The third-order valence-corrected chi connectivity index (χ3v) is 6.63. The predicted molar refractivity (Wildman–Crippen MR) is 117 cm³/mol. The van der Waals surface area contributed by atoms with E-state index < -0.39 is 0 Å². The van der Waals surface area contributed by atoms with E-state index in [9.17, 15) is 4.79 Å². The zero-order chi connectivity index (χ0) is 20.4. The lowest BCUT2D eigenvalue weighted by atomic mass is 9.97. The molecule has 2 aromatic rings. The molecule has 4 N–H and O–H groups in total. The van der Waals surface area contributed by atoms with Gasteiger partial charge >= 0.3 is 0 Å². The molecule has 1 amide bonds. The maximum Gasteiger partial charge on any atom is 0.280 e. The lowest BCUT2D eigenvalue weighted by Gasteiger charge is -2.36. The summed E-state index contributed by atoms with van der Waals surface area (Å²) in [5, 5.41) is 4.97. The first-order valence-corrected chi connectivity index (χ1v) is 11.1. The van der Waals surface area contributed by atoms with Crippen LogP contribution in [0.1, 0.15) is 42.6 Å². The number of rotatable bonds is 5. The Morgan fingerprint density at radius 1 is 1.34 bits per heavy atom. The number of carbonyl (C=O) groups is 1. The van der Waals surface area contributed by atoms with Crippen molar-refractivity contribution in [3.05, 3.63) is 29.6 Å². The summed E-state index contributed by atoms with van der Waals surface area (Å²) in [6.07, 6.45) is 11.2. The van der Waals surface area contributed by atoms with Crippen molar-refractivity contribution in [2.24, 2.45) is 18.7 Å². The summed E-state index contributed by atoms with van der Waals surface area (Å²) < 4.78 is 1.87. The molecule has 4 rings (SSSR count). The molecule has 8 nitrogen and oxygen atoms in total. The van der Waals surface area contributed by atoms with Crippen molar-refractivity contribution < 1.29 is 4.79 Å². The number of piperidine rings is 1. The first-order chi connectivity index (χ1) is 14.1. The van der Waals surface area contributed by atoms with E-state index in [1.165, 1.54) is 11.3 Å². The number of amides is 1. The summed E-state index contributed by atoms with van der Waals surface area (Å²) in [7, 11) is 1.93. The quantitative estimate of drug-likeness (QED) is 0.726. The Labute approximate surface area is 175 Å². The zero-order valence-corrected chi connectivity index (χ0v) is 17.6. The Morgan fingerprint density at radius 2 is 2.14 bits per heavy atom. The molecule has 1 unspecified atom stereocenters. The minimum absolute atomic E-state index is 0.0260. The molecular weight excluding hydrogens is 386 g/mol. The number of nitrogen functional groups attached to an aromatic ring is 1. The zero-order valence-electron chi connectivity index (χ0n) is 16.8. The van der Waals surface area contributed by atoms with Gasteiger partial charge in [0, 0.05) is 20.1 Å². The molecule has 3 heterocycles. The van der Waals surface area contributed by atoms with Crippen LogP contribution in [-0.4, -0.2) is 46.3 Å². The molecule has 1 aliphatic heterocycles. The first kappa shape index (κ1) is 19.9. The van der Waals surface area contributed by atoms with Crippen LogP contribution in [-0.2, 0) is 7.05 Å². The van der Waals surface area contributed by atoms with Crippen LogP contribution in [0.25, 0.3) is 0 Å². The number of aryl methyl sites for hydroxylation is 1. The number of nitrogens with two attached hydrogens (primary N) is 2. The van der Waals surface area contributed by atoms with Gasteiger partial charge in [-0.05, 0) is 44.6 Å². The average molecular weight is 416 g/mol. The fourth-order valence-electron chi connectivity index (χ4n) is 4.31. The van der Waals surface area contributed by atoms with Crippen LogP contribution >= 0.6 is 11.3 Å². The molecule has 2 aliphatic rings. The van der Waals surface area contributed by atoms with Gasteiger partial charge < -0.3 is 16.4 Å². The van der Waals surface area contributed by atoms with Crippen LogP contribution in [0.15, 0.2) is 23.9 Å². The fraction of sp³-hybridized carbons (Fsp3) is 0.550. The highest BCUT2D eigenvalue weighted by Crippen LogP contribution is 2.36. The molecule has 2 aromatic heterocycles. The van der Waals surface area contributed by atoms with Crippen LogP contribution in [0.2, 0.25) is 0 Å². The van der Waals surface area contributed by atoms with Crippen LogP contribution < -0.4 is 21.3 Å². The molecule has 1 aliphatic carbocycles. The highest BCUT2D eigenvalue weighted by Gasteiger charge is 2.33. The molecule has 0 radical (unpaired) electrons. The van der Waals surface area contributed by atoms with Crippen LogP contribution in [0.5, 0.6) is 0 Å². The molecular formula is C20H29N7OS. The first-order valence-electron chi connectivity index (χ1n) is 10.3. The van der Waals surface area contributed by atoms with Gasteiger partial charge in [-0.2, -0.15) is 5.10 Å². The SMILES string of the molecule is Cn1ncc(N(C(=O)c2ncsc2N)C2C=CCCC2)c1N1CCC(CN)CC1. The van der Waals surface area contributed by atoms with Crippen molar-refractivity contribution in [1.29, 1.82) is 0 Å². The van der Waals surface area contributed by atoms with E-state index in [2.05, 4.69) is 27.1 Å². The molecule has 1 atom stereocenters. The highest BCUT2D eigenvalue weighted by molar-refractivity contribution is 7.14. The Bertz CT molecular complexity index is 881. The summed E-state index contributed by atoms with van der Waals surface area (Å²) in [5.41, 5.74) is 14.7. The van der Waals surface area contributed by atoms with Crippen molar-refractivity contribution in [1.82, 2.24) is 14.8 Å². The number of anilines is 3. The second kappa shape index (κ2) is 8.54. The largest absolute Gasteiger partial charge is 0.389 e. The van der Waals surface area contributed by atoms with E-state index >= 15 is 0 Å². The third kappa shape index (κ3) is 3.89. The van der Waals surface area contributed by atoms with E-state index in [4.69, 9.17) is 11.5 Å². The smallest absolute Gasteiger partial charge is 0.280 e. The number of allylic oxidation sites excluding steroid dienone is 1. The van der Waals surface area contributed by atoms with Gasteiger partial charge in [0.25, 0.3) is 5.91 Å². The number of hydrogen-bond acceptors (Lipinski definition) is 7. The molecule has 0 spiro atoms. The van der Waals surface area contributed by atoms with Gasteiger partial charge in [-0.15, -0.1) is 11.3 Å². The minimum Gasteiger partial charge on any atom is -0.389 e. The molecule has 0 saturated carbocycles. The standard InChI is InChI=1S/C20H29N7OS/c1-25-19(26-9-7-14(11-21)8-10-26)16(12-24-25)27(15-5-3-2-4-6-15)20(28)17-18(22)29-13-23-17/h3,5,12-15H,2,4,6-11,21-22H2,1H3. The number of thiazole rings is 1. The number of carbonyl (C=O) groups excluding carboxylic acids is 1. The van der Waals surface area contributed by atoms with E-state index in [-0.39, 0.29) is 11.9 Å². The van der Waals surface area contributed by atoms with Gasteiger partial charge in [0.15, 0.2) is 11.5 Å². The summed E-state index contributed by atoms with van der Waals surface area (Å²) in [5.74, 6) is 1.38. The summed E-state index contributed by atoms with van der Waals surface area (Å²) >= 11 is 1.29. The number of hydrogen-bond donors (Lipinski definition) is 2. The highest BCUT2D eigenvalue weighted by atomic mass is 32.1. The third-order valence-electron chi connectivity index (χ3n) is 5.97. The minimum atomic E-state index is -0.161. The fourth-order valence-corrected chi connectivity index (χ4v) is 4.84. The lowest BCUT2D eigenvalue weighted by molar-refractivity contribution is 0.0976. The van der Waals surface area contributed by atoms with Crippen molar-refractivity contribution in [3.8, 4) is 0 Å². The van der Waals surface area contributed by atoms with Crippen LogP contribution in [0.3, 0.4) is 0 Å². The second-order valence-electron chi connectivity index (χ2n) is 7.81. The number of nitrogens with zero attached hydrogens (tertiary/aromatic N) is 5. The Kier molecular flexibility index (Phi) is 5.86. The molecule has 0 aromatic carbocycles. The van der Waals surface area contributed by atoms with Crippen molar-refractivity contribution in [3.63, 3.8) is 0 Å². The molecule has 156 valence electrons. The van der Waals surface area contributed by atoms with Crippen molar-refractivity contribution >= 4 is 33.8 Å². The normalized spacial score (nSPS) is 20.2. The summed E-state index contributed by atoms with van der Waals surface area (Å²) in [6, 6.07) is -0.0260. The van der Waals surface area contributed by atoms with Crippen molar-refractivity contribution in [2.75, 3.05) is 35.2 Å². The van der Waals surface area contributed by atoms with E-state index in [1.54, 1.807) is 11.7 Å². The van der Waals surface area contributed by atoms with Gasteiger partial charge in [0.05, 0.1) is 17.7 Å². The number of aromatic nitrogens is 3. The maximum absolute atomic E-state index is 13.6. The lowest BCUT2D eigenvalue weighted by Crippen LogP contribution is -2.43. The van der Waals surface area contributed by atoms with Gasteiger partial charge in [-0.25, -0.2) is 4.98 Å². The summed E-state index contributed by atoms with van der Waals surface area (Å²) in [4.78, 5) is 22.0. The second-order valence-corrected chi connectivity index (χ2v) is 8.70. The monoisotopic (exact) mass is 415 g/mol. The molecule has 0 bridgehead atoms. The average Bonchev–Trinajstić information content (AvgIpc) is 3.35. The molecule has 29 heavy (non-hydrogen) atoms. The topological polar surface area (TPSA) is 106 Å². The van der Waals surface area contributed by atoms with Gasteiger partial charge in [-0.3, -0.25) is 14.4 Å². The van der Waals surface area contributed by atoms with Gasteiger partial charge in [0.2, 0.25) is 0 Å². The Balaban J connectivity index is 1.72. The van der Waals surface area contributed by atoms with Crippen LogP contribution in [0, 0.1) is 5.92 Å². The van der Waals surface area contributed by atoms with Gasteiger partial charge in [0.1, 0.15) is 10.7 Å². The Morgan fingerprint density at radius 3 is 2.76 bits per heavy atom. The van der Waals surface area contributed by atoms with E-state index in [0.717, 1.165) is 63.2 Å². The Hall–Kier alpha value is -2.39. The van der Waals surface area contributed by atoms with Gasteiger partial charge in [-0.1, -0.05) is 12.2 Å². The predicted octanol–water partition coefficient (Wildman–Crippen LogP) is 2.39. The molecule has 9 heteroatoms. The molecule has 1 fully saturated rings. The molecule has 1 saturated heterocycles. The van der Waals surface area contributed by atoms with Crippen molar-refractivity contribution in [2.45, 2.75) is 38.1 Å². The van der Waals surface area contributed by atoms with E-state index in [1.807, 2.05) is 16.6 Å². The summed E-state index contributed by atoms with van der Waals surface area (Å²) in [6.45, 7) is 2.55. The maximum atomic E-state index is 13.6.